The van der Waals surface area contributed by atoms with Crippen molar-refractivity contribution >= 4 is 63.3 Å². The highest BCUT2D eigenvalue weighted by Crippen LogP contribution is 2.37. The van der Waals surface area contributed by atoms with Gasteiger partial charge in [-0.3, -0.25) is 9.59 Å². The molecule has 3 aromatic rings. The number of para-hydroxylation sites is 1. The molecule has 0 atom stereocenters. The van der Waals surface area contributed by atoms with Crippen LogP contribution in [0.15, 0.2) is 65.7 Å². The van der Waals surface area contributed by atoms with Crippen LogP contribution in [0.2, 0.25) is 10.0 Å². The maximum Gasteiger partial charge on any atom is 0.282 e. The minimum Gasteiger partial charge on any atom is -0.350 e. The summed E-state index contributed by atoms with van der Waals surface area (Å²) in [6, 6.07) is 15.9. The third kappa shape index (κ3) is 3.33. The van der Waals surface area contributed by atoms with Crippen LogP contribution < -0.4 is 10.2 Å². The fourth-order valence-electron chi connectivity index (χ4n) is 3.05. The molecule has 28 heavy (non-hydrogen) atoms. The second-order valence-electron chi connectivity index (χ2n) is 6.24. The van der Waals surface area contributed by atoms with Crippen LogP contribution in [0.1, 0.15) is 10.4 Å². The van der Waals surface area contributed by atoms with Crippen molar-refractivity contribution in [2.45, 2.75) is 6.92 Å². The second-order valence-corrected chi connectivity index (χ2v) is 8.06. The topological polar surface area (TPSA) is 49.4 Å². The number of amides is 2. The first-order valence-electron chi connectivity index (χ1n) is 8.41. The Morgan fingerprint density at radius 1 is 0.929 bits per heavy atom. The average molecular weight is 429 g/mol. The Morgan fingerprint density at radius 2 is 1.64 bits per heavy atom. The number of benzene rings is 2. The average Bonchev–Trinajstić information content (AvgIpc) is 3.23. The molecule has 4 nitrogen and oxygen atoms in total. The van der Waals surface area contributed by atoms with Crippen molar-refractivity contribution in [3.05, 3.63) is 86.2 Å². The zero-order valence-electron chi connectivity index (χ0n) is 14.7. The van der Waals surface area contributed by atoms with Gasteiger partial charge in [0, 0.05) is 20.6 Å². The number of carbonyl (C=O) groups is 2. The first-order valence-corrected chi connectivity index (χ1v) is 10.0. The lowest BCUT2D eigenvalue weighted by atomic mass is 10.1. The van der Waals surface area contributed by atoms with Gasteiger partial charge in [0.05, 0.1) is 11.3 Å². The molecular formula is C21H14Cl2N2O2S. The number of rotatable bonds is 4. The molecule has 2 heterocycles. The first kappa shape index (κ1) is 18.7. The van der Waals surface area contributed by atoms with Crippen LogP contribution in [0.25, 0.3) is 5.57 Å². The van der Waals surface area contributed by atoms with Crippen LogP contribution in [0.4, 0.5) is 11.4 Å². The van der Waals surface area contributed by atoms with E-state index in [1.165, 1.54) is 11.3 Å². The molecule has 0 saturated heterocycles. The first-order chi connectivity index (χ1) is 13.5. The molecule has 0 unspecified atom stereocenters. The molecule has 2 amide bonds. The van der Waals surface area contributed by atoms with Crippen LogP contribution in [-0.2, 0) is 9.59 Å². The van der Waals surface area contributed by atoms with E-state index in [1.54, 1.807) is 18.2 Å². The van der Waals surface area contributed by atoms with Crippen molar-refractivity contribution in [1.82, 2.24) is 0 Å². The van der Waals surface area contributed by atoms with Crippen molar-refractivity contribution in [3.8, 4) is 0 Å². The largest absolute Gasteiger partial charge is 0.350 e. The van der Waals surface area contributed by atoms with Crippen molar-refractivity contribution in [2.24, 2.45) is 0 Å². The molecule has 1 aliphatic heterocycles. The zero-order valence-corrected chi connectivity index (χ0v) is 17.0. The van der Waals surface area contributed by atoms with E-state index in [0.29, 0.717) is 26.2 Å². The van der Waals surface area contributed by atoms with Gasteiger partial charge in [0.25, 0.3) is 11.8 Å². The summed E-state index contributed by atoms with van der Waals surface area (Å²) in [6.45, 7) is 1.93. The standard InChI is InChI=1S/C21H14Cl2N2O2S/c1-12-5-2-3-6-16(12)24-19-18(17-7-4-8-28-17)20(26)25(21(19)27)15-10-13(22)9-14(23)11-15/h2-11,24H,1H3. The van der Waals surface area contributed by atoms with Gasteiger partial charge in [-0.05, 0) is 48.2 Å². The predicted octanol–water partition coefficient (Wildman–Crippen LogP) is 5.76. The molecule has 7 heteroatoms. The molecular weight excluding hydrogens is 415 g/mol. The van der Waals surface area contributed by atoms with Gasteiger partial charge >= 0.3 is 0 Å². The molecule has 0 fully saturated rings. The van der Waals surface area contributed by atoms with Gasteiger partial charge < -0.3 is 5.32 Å². The molecule has 0 radical (unpaired) electrons. The van der Waals surface area contributed by atoms with E-state index < -0.39 is 11.8 Å². The summed E-state index contributed by atoms with van der Waals surface area (Å²) in [5, 5.41) is 5.73. The SMILES string of the molecule is Cc1ccccc1NC1=C(c2cccs2)C(=O)N(c2cc(Cl)cc(Cl)c2)C1=O. The molecule has 2 aromatic carbocycles. The number of hydrogen-bond acceptors (Lipinski definition) is 4. The quantitative estimate of drug-likeness (QED) is 0.537. The van der Waals surface area contributed by atoms with Crippen LogP contribution in [0.3, 0.4) is 0 Å². The number of aryl methyl sites for hydroxylation is 1. The van der Waals surface area contributed by atoms with Gasteiger partial charge in [-0.1, -0.05) is 47.5 Å². The molecule has 1 aromatic heterocycles. The summed E-state index contributed by atoms with van der Waals surface area (Å²) >= 11 is 13.6. The minimum absolute atomic E-state index is 0.234. The number of anilines is 2. The van der Waals surface area contributed by atoms with Gasteiger partial charge in [0.2, 0.25) is 0 Å². The smallest absolute Gasteiger partial charge is 0.282 e. The van der Waals surface area contributed by atoms with Crippen molar-refractivity contribution in [3.63, 3.8) is 0 Å². The van der Waals surface area contributed by atoms with Gasteiger partial charge in [-0.15, -0.1) is 11.3 Å². The number of carbonyl (C=O) groups excluding carboxylic acids is 2. The Bertz CT molecular complexity index is 1100. The normalized spacial score (nSPS) is 14.2. The predicted molar refractivity (Wildman–Crippen MR) is 115 cm³/mol. The third-order valence-electron chi connectivity index (χ3n) is 4.36. The lowest BCUT2D eigenvalue weighted by molar-refractivity contribution is -0.120. The highest BCUT2D eigenvalue weighted by atomic mass is 35.5. The van der Waals surface area contributed by atoms with Crippen molar-refractivity contribution in [2.75, 3.05) is 10.2 Å². The van der Waals surface area contributed by atoms with E-state index in [4.69, 9.17) is 23.2 Å². The van der Waals surface area contributed by atoms with Crippen LogP contribution in [-0.4, -0.2) is 11.8 Å². The van der Waals surface area contributed by atoms with E-state index in [9.17, 15) is 9.59 Å². The Labute approximate surface area is 176 Å². The van der Waals surface area contributed by atoms with E-state index in [2.05, 4.69) is 5.32 Å². The number of nitrogens with zero attached hydrogens (tertiary/aromatic N) is 1. The monoisotopic (exact) mass is 428 g/mol. The molecule has 140 valence electrons. The molecule has 0 aliphatic carbocycles. The van der Waals surface area contributed by atoms with Gasteiger partial charge in [-0.2, -0.15) is 0 Å². The zero-order chi connectivity index (χ0) is 19.8. The highest BCUT2D eigenvalue weighted by molar-refractivity contribution is 7.11. The Morgan fingerprint density at radius 3 is 2.29 bits per heavy atom. The summed E-state index contributed by atoms with van der Waals surface area (Å²) < 4.78 is 0. The number of thiophene rings is 1. The number of hydrogen-bond donors (Lipinski definition) is 1. The Kier molecular flexibility index (Phi) is 4.98. The highest BCUT2D eigenvalue weighted by Gasteiger charge is 2.41. The number of halogens is 2. The fourth-order valence-corrected chi connectivity index (χ4v) is 4.33. The number of nitrogens with one attached hydrogen (secondary N) is 1. The Balaban J connectivity index is 1.83. The van der Waals surface area contributed by atoms with E-state index >= 15 is 0 Å². The second kappa shape index (κ2) is 7.43. The van der Waals surface area contributed by atoms with Crippen LogP contribution in [0, 0.1) is 6.92 Å². The maximum atomic E-state index is 13.3. The van der Waals surface area contributed by atoms with Crippen molar-refractivity contribution in [1.29, 1.82) is 0 Å². The molecule has 4 rings (SSSR count). The van der Waals surface area contributed by atoms with Crippen molar-refractivity contribution < 1.29 is 9.59 Å². The lowest BCUT2D eigenvalue weighted by Crippen LogP contribution is -2.32. The molecule has 1 N–H and O–H groups in total. The molecule has 1 aliphatic rings. The van der Waals surface area contributed by atoms with Crippen LogP contribution in [0.5, 0.6) is 0 Å². The minimum atomic E-state index is -0.449. The third-order valence-corrected chi connectivity index (χ3v) is 5.69. The van der Waals surface area contributed by atoms with E-state index in [0.717, 1.165) is 16.2 Å². The summed E-state index contributed by atoms with van der Waals surface area (Å²) in [7, 11) is 0. The summed E-state index contributed by atoms with van der Waals surface area (Å²) in [5.41, 5.74) is 2.63. The lowest BCUT2D eigenvalue weighted by Gasteiger charge is -2.16. The molecule has 0 saturated carbocycles. The van der Waals surface area contributed by atoms with Gasteiger partial charge in [0.1, 0.15) is 5.70 Å². The Hall–Kier alpha value is -2.60. The maximum absolute atomic E-state index is 13.3. The molecule has 0 bridgehead atoms. The summed E-state index contributed by atoms with van der Waals surface area (Å²) in [4.78, 5) is 28.3. The number of imide groups is 1. The van der Waals surface area contributed by atoms with Gasteiger partial charge in [-0.25, -0.2) is 4.90 Å². The summed E-state index contributed by atoms with van der Waals surface area (Å²) in [5.74, 6) is -0.864. The van der Waals surface area contributed by atoms with Gasteiger partial charge in [0.15, 0.2) is 0 Å². The van der Waals surface area contributed by atoms with E-state index in [1.807, 2.05) is 48.7 Å². The molecule has 0 spiro atoms. The fraction of sp³-hybridized carbons (Fsp3) is 0.0476. The summed E-state index contributed by atoms with van der Waals surface area (Å²) in [6.07, 6.45) is 0. The van der Waals surface area contributed by atoms with Crippen LogP contribution >= 0.6 is 34.5 Å². The van der Waals surface area contributed by atoms with E-state index in [-0.39, 0.29) is 5.70 Å².